The molecule has 0 saturated carbocycles. The molecular weight excluding hydrogens is 418 g/mol. The summed E-state index contributed by atoms with van der Waals surface area (Å²) >= 11 is 1.31. The molecule has 0 bridgehead atoms. The van der Waals surface area contributed by atoms with Gasteiger partial charge in [-0.05, 0) is 42.2 Å². The zero-order valence-electron chi connectivity index (χ0n) is 18.1. The van der Waals surface area contributed by atoms with Crippen molar-refractivity contribution >= 4 is 23.6 Å². The summed E-state index contributed by atoms with van der Waals surface area (Å²) in [5, 5.41) is 2.91. The van der Waals surface area contributed by atoms with Crippen LogP contribution in [0.3, 0.4) is 0 Å². The lowest BCUT2D eigenvalue weighted by molar-refractivity contribution is -0.139. The topological polar surface area (TPSA) is 49.4 Å². The Balaban J connectivity index is 2.10. The second-order valence-electron chi connectivity index (χ2n) is 7.30. The molecule has 1 atom stereocenters. The van der Waals surface area contributed by atoms with Crippen molar-refractivity contribution in [1.29, 1.82) is 0 Å². The van der Waals surface area contributed by atoms with Crippen LogP contribution in [0.5, 0.6) is 0 Å². The second kappa shape index (κ2) is 13.1. The minimum absolute atomic E-state index is 0.119. The number of carbonyl (C=O) groups is 2. The van der Waals surface area contributed by atoms with Gasteiger partial charge >= 0.3 is 0 Å². The van der Waals surface area contributed by atoms with Gasteiger partial charge in [0, 0.05) is 18.8 Å². The molecule has 0 aliphatic carbocycles. The predicted octanol–water partition coefficient (Wildman–Crippen LogP) is 4.92. The van der Waals surface area contributed by atoms with E-state index in [2.05, 4.69) is 5.32 Å². The number of unbranched alkanes of at least 4 members (excludes halogenated alkanes) is 1. The van der Waals surface area contributed by atoms with Crippen molar-refractivity contribution in [3.63, 3.8) is 0 Å². The number of carbonyl (C=O) groups excluding carboxylic acids is 2. The highest BCUT2D eigenvalue weighted by Crippen LogP contribution is 2.19. The summed E-state index contributed by atoms with van der Waals surface area (Å²) < 4.78 is 27.1. The summed E-state index contributed by atoms with van der Waals surface area (Å²) in [6, 6.07) is 11.8. The van der Waals surface area contributed by atoms with Gasteiger partial charge in [0.1, 0.15) is 17.7 Å². The van der Waals surface area contributed by atoms with Gasteiger partial charge < -0.3 is 10.2 Å². The number of nitrogens with one attached hydrogen (secondary N) is 1. The van der Waals surface area contributed by atoms with Gasteiger partial charge in [-0.1, -0.05) is 50.6 Å². The van der Waals surface area contributed by atoms with E-state index in [1.165, 1.54) is 30.0 Å². The Bertz CT molecular complexity index is 846. The number of amides is 2. The van der Waals surface area contributed by atoms with Crippen LogP contribution in [0.2, 0.25) is 0 Å². The third-order valence-electron chi connectivity index (χ3n) is 4.92. The van der Waals surface area contributed by atoms with Crippen molar-refractivity contribution in [3.05, 3.63) is 71.3 Å². The summed E-state index contributed by atoms with van der Waals surface area (Å²) in [7, 11) is 0. The molecule has 2 rings (SSSR count). The van der Waals surface area contributed by atoms with E-state index in [9.17, 15) is 18.4 Å². The van der Waals surface area contributed by atoms with Gasteiger partial charge in [-0.2, -0.15) is 0 Å². The molecule has 2 amide bonds. The minimum Gasteiger partial charge on any atom is -0.354 e. The van der Waals surface area contributed by atoms with Gasteiger partial charge in [-0.15, -0.1) is 11.8 Å². The molecule has 0 aliphatic rings. The van der Waals surface area contributed by atoms with Crippen LogP contribution >= 0.6 is 11.8 Å². The number of thioether (sulfide) groups is 1. The van der Waals surface area contributed by atoms with Crippen LogP contribution in [0.4, 0.5) is 8.78 Å². The molecule has 0 heterocycles. The number of hydrogen-bond acceptors (Lipinski definition) is 3. The van der Waals surface area contributed by atoms with E-state index in [0.29, 0.717) is 24.3 Å². The molecule has 0 aliphatic heterocycles. The maximum atomic E-state index is 13.8. The molecule has 0 radical (unpaired) electrons. The molecule has 1 N–H and O–H groups in total. The highest BCUT2D eigenvalue weighted by Gasteiger charge is 2.28. The van der Waals surface area contributed by atoms with Crippen LogP contribution < -0.4 is 5.32 Å². The zero-order valence-corrected chi connectivity index (χ0v) is 18.9. The van der Waals surface area contributed by atoms with E-state index >= 15 is 0 Å². The Kier molecular flexibility index (Phi) is 10.5. The lowest BCUT2D eigenvalue weighted by atomic mass is 10.1. The quantitative estimate of drug-likeness (QED) is 0.469. The normalized spacial score (nSPS) is 11.7. The van der Waals surface area contributed by atoms with Crippen LogP contribution in [0, 0.1) is 11.6 Å². The van der Waals surface area contributed by atoms with E-state index < -0.39 is 6.04 Å². The van der Waals surface area contributed by atoms with Crippen molar-refractivity contribution < 1.29 is 18.4 Å². The number of nitrogens with zero attached hydrogens (tertiary/aromatic N) is 1. The molecule has 2 aromatic rings. The Labute approximate surface area is 187 Å². The van der Waals surface area contributed by atoms with E-state index in [1.54, 1.807) is 35.2 Å². The van der Waals surface area contributed by atoms with E-state index in [4.69, 9.17) is 0 Å². The Hall–Kier alpha value is -2.41. The first-order chi connectivity index (χ1) is 15.0. The maximum Gasteiger partial charge on any atom is 0.242 e. The van der Waals surface area contributed by atoms with Crippen LogP contribution in [0.25, 0.3) is 0 Å². The number of benzene rings is 2. The fourth-order valence-corrected chi connectivity index (χ4v) is 4.06. The van der Waals surface area contributed by atoms with Gasteiger partial charge in [-0.3, -0.25) is 9.59 Å². The smallest absolute Gasteiger partial charge is 0.242 e. The third-order valence-corrected chi connectivity index (χ3v) is 5.89. The number of hydrogen-bond donors (Lipinski definition) is 1. The lowest BCUT2D eigenvalue weighted by Crippen LogP contribution is -2.49. The Morgan fingerprint density at radius 3 is 2.42 bits per heavy atom. The minimum atomic E-state index is -0.622. The van der Waals surface area contributed by atoms with E-state index in [-0.39, 0.29) is 35.7 Å². The van der Waals surface area contributed by atoms with Gasteiger partial charge in [-0.25, -0.2) is 8.78 Å². The number of halogens is 2. The van der Waals surface area contributed by atoms with Crippen LogP contribution in [-0.2, 0) is 21.9 Å². The average Bonchev–Trinajstić information content (AvgIpc) is 2.76. The maximum absolute atomic E-state index is 13.8. The summed E-state index contributed by atoms with van der Waals surface area (Å²) in [5.74, 6) is -0.566. The van der Waals surface area contributed by atoms with Crippen molar-refractivity contribution in [1.82, 2.24) is 10.2 Å². The van der Waals surface area contributed by atoms with Crippen molar-refractivity contribution in [2.45, 2.75) is 51.4 Å². The first kappa shape index (κ1) is 24.9. The fourth-order valence-electron chi connectivity index (χ4n) is 3.16. The molecular formula is C24H30F2N2O2S. The molecule has 7 heteroatoms. The average molecular weight is 449 g/mol. The molecule has 4 nitrogen and oxygen atoms in total. The van der Waals surface area contributed by atoms with Gasteiger partial charge in [0.05, 0.1) is 5.75 Å². The molecule has 0 spiro atoms. The molecule has 0 saturated heterocycles. The SMILES string of the molecule is CCCCNC(=O)[C@H](CC)N(Cc1ccc(F)cc1)C(=O)CSCc1ccccc1F. The van der Waals surface area contributed by atoms with Crippen molar-refractivity contribution in [3.8, 4) is 0 Å². The standard InChI is InChI=1S/C24H30F2N2O2S/c1-3-5-14-27-24(30)22(4-2)28(15-18-10-12-20(25)13-11-18)23(29)17-31-16-19-8-6-7-9-21(19)26/h6-13,22H,3-5,14-17H2,1-2H3,(H,27,30)/t22-/m0/s1. The van der Waals surface area contributed by atoms with E-state index in [0.717, 1.165) is 18.4 Å². The predicted molar refractivity (Wildman–Crippen MR) is 122 cm³/mol. The first-order valence-corrected chi connectivity index (χ1v) is 11.7. The largest absolute Gasteiger partial charge is 0.354 e. The zero-order chi connectivity index (χ0) is 22.6. The Morgan fingerprint density at radius 2 is 1.77 bits per heavy atom. The number of rotatable bonds is 12. The highest BCUT2D eigenvalue weighted by atomic mass is 32.2. The molecule has 0 fully saturated rings. The van der Waals surface area contributed by atoms with Gasteiger partial charge in [0.15, 0.2) is 0 Å². The fraction of sp³-hybridized carbons (Fsp3) is 0.417. The molecule has 168 valence electrons. The summed E-state index contributed by atoms with van der Waals surface area (Å²) in [4.78, 5) is 27.4. The summed E-state index contributed by atoms with van der Waals surface area (Å²) in [6.07, 6.45) is 2.29. The Morgan fingerprint density at radius 1 is 1.06 bits per heavy atom. The van der Waals surface area contributed by atoms with Crippen LogP contribution in [0.15, 0.2) is 48.5 Å². The van der Waals surface area contributed by atoms with Crippen LogP contribution in [0.1, 0.15) is 44.2 Å². The second-order valence-corrected chi connectivity index (χ2v) is 8.29. The molecule has 0 unspecified atom stereocenters. The molecule has 0 aromatic heterocycles. The third kappa shape index (κ3) is 7.98. The van der Waals surface area contributed by atoms with Gasteiger partial charge in [0.25, 0.3) is 0 Å². The monoisotopic (exact) mass is 448 g/mol. The van der Waals surface area contributed by atoms with Crippen molar-refractivity contribution in [2.24, 2.45) is 0 Å². The van der Waals surface area contributed by atoms with Gasteiger partial charge in [0.2, 0.25) is 11.8 Å². The summed E-state index contributed by atoms with van der Waals surface area (Å²) in [6.45, 7) is 4.67. The van der Waals surface area contributed by atoms with E-state index in [1.807, 2.05) is 13.8 Å². The van der Waals surface area contributed by atoms with Crippen LogP contribution in [-0.4, -0.2) is 35.1 Å². The first-order valence-electron chi connectivity index (χ1n) is 10.6. The molecule has 31 heavy (non-hydrogen) atoms. The van der Waals surface area contributed by atoms with Crippen molar-refractivity contribution in [2.75, 3.05) is 12.3 Å². The lowest BCUT2D eigenvalue weighted by Gasteiger charge is -2.30. The molecule has 2 aromatic carbocycles. The highest BCUT2D eigenvalue weighted by molar-refractivity contribution is 7.99. The summed E-state index contributed by atoms with van der Waals surface area (Å²) in [5.41, 5.74) is 1.28.